The molecule has 25 heavy (non-hydrogen) atoms. The van der Waals surface area contributed by atoms with Gasteiger partial charge in [-0.25, -0.2) is 4.68 Å². The zero-order valence-corrected chi connectivity index (χ0v) is 14.5. The van der Waals surface area contributed by atoms with E-state index in [0.717, 1.165) is 35.5 Å². The monoisotopic (exact) mass is 334 g/mol. The Balaban J connectivity index is 1.83. The van der Waals surface area contributed by atoms with Gasteiger partial charge in [0.25, 0.3) is 0 Å². The lowest BCUT2D eigenvalue weighted by atomic mass is 9.83. The summed E-state index contributed by atoms with van der Waals surface area (Å²) in [5.74, 6) is 0.748. The molecule has 128 valence electrons. The summed E-state index contributed by atoms with van der Waals surface area (Å²) in [6.07, 6.45) is 6.30. The van der Waals surface area contributed by atoms with Gasteiger partial charge in [0.05, 0.1) is 23.4 Å². The molecule has 1 fully saturated rings. The molecule has 2 heterocycles. The van der Waals surface area contributed by atoms with Crippen LogP contribution < -0.4 is 5.32 Å². The van der Waals surface area contributed by atoms with Gasteiger partial charge in [0, 0.05) is 17.9 Å². The number of hydrogen-bond acceptors (Lipinski definition) is 3. The summed E-state index contributed by atoms with van der Waals surface area (Å²) in [6, 6.07) is 10.2. The molecule has 2 aromatic rings. The number of hydrogen-bond donors (Lipinski definition) is 1. The number of fused-ring (bicyclic) bond motifs is 1. The first kappa shape index (κ1) is 15.9. The van der Waals surface area contributed by atoms with Crippen LogP contribution in [0.25, 0.3) is 0 Å². The normalized spacial score (nSPS) is 20.6. The average molecular weight is 334 g/mol. The molecule has 0 saturated heterocycles. The van der Waals surface area contributed by atoms with Crippen LogP contribution in [0.15, 0.2) is 24.3 Å². The fourth-order valence-corrected chi connectivity index (χ4v) is 4.33. The van der Waals surface area contributed by atoms with E-state index in [9.17, 15) is 10.1 Å². The lowest BCUT2D eigenvalue weighted by Crippen LogP contribution is -2.27. The third-order valence-corrected chi connectivity index (χ3v) is 5.50. The molecule has 0 bridgehead atoms. The molecule has 5 nitrogen and oxygen atoms in total. The Morgan fingerprint density at radius 2 is 2.00 bits per heavy atom. The number of aryl methyl sites for hydroxylation is 1. The molecule has 1 atom stereocenters. The van der Waals surface area contributed by atoms with Crippen LogP contribution in [-0.4, -0.2) is 15.7 Å². The van der Waals surface area contributed by atoms with E-state index >= 15 is 0 Å². The van der Waals surface area contributed by atoms with Crippen molar-refractivity contribution in [1.29, 1.82) is 5.26 Å². The van der Waals surface area contributed by atoms with Gasteiger partial charge >= 0.3 is 0 Å². The molecular weight excluding hydrogens is 312 g/mol. The van der Waals surface area contributed by atoms with Gasteiger partial charge < -0.3 is 5.32 Å². The van der Waals surface area contributed by atoms with Gasteiger partial charge in [-0.1, -0.05) is 37.5 Å². The molecule has 1 aliphatic heterocycles. The zero-order valence-electron chi connectivity index (χ0n) is 14.5. The number of amides is 1. The highest BCUT2D eigenvalue weighted by atomic mass is 16.1. The van der Waals surface area contributed by atoms with Gasteiger partial charge in [-0.3, -0.25) is 4.79 Å². The van der Waals surface area contributed by atoms with Crippen molar-refractivity contribution in [2.45, 2.75) is 57.4 Å². The highest BCUT2D eigenvalue weighted by Crippen LogP contribution is 2.42. The number of nitrogens with zero attached hydrogens (tertiary/aromatic N) is 3. The van der Waals surface area contributed by atoms with Crippen LogP contribution in [-0.2, 0) is 4.79 Å². The summed E-state index contributed by atoms with van der Waals surface area (Å²) < 4.78 is 2.04. The molecule has 4 rings (SSSR count). The maximum absolute atomic E-state index is 12.4. The number of rotatable bonds is 2. The van der Waals surface area contributed by atoms with E-state index in [4.69, 9.17) is 5.10 Å². The van der Waals surface area contributed by atoms with E-state index in [1.807, 2.05) is 35.9 Å². The Labute approximate surface area is 147 Å². The average Bonchev–Trinajstić information content (AvgIpc) is 2.98. The molecule has 0 radical (unpaired) electrons. The predicted octanol–water partition coefficient (Wildman–Crippen LogP) is 4.04. The SMILES string of the molecule is Cc1nn(C2CCCCC2)c2c1C(c1ccccc1C#N)CC(=O)N2. The van der Waals surface area contributed by atoms with Crippen molar-refractivity contribution < 1.29 is 4.79 Å². The van der Waals surface area contributed by atoms with Crippen molar-refractivity contribution in [3.8, 4) is 6.07 Å². The number of benzene rings is 1. The third kappa shape index (κ3) is 2.72. The predicted molar refractivity (Wildman–Crippen MR) is 95.3 cm³/mol. The summed E-state index contributed by atoms with van der Waals surface area (Å²) in [6.45, 7) is 2.01. The van der Waals surface area contributed by atoms with E-state index in [0.29, 0.717) is 18.0 Å². The minimum atomic E-state index is -0.100. The van der Waals surface area contributed by atoms with Crippen molar-refractivity contribution in [2.75, 3.05) is 5.32 Å². The van der Waals surface area contributed by atoms with Crippen molar-refractivity contribution in [3.05, 3.63) is 46.6 Å². The van der Waals surface area contributed by atoms with Crippen LogP contribution in [0.4, 0.5) is 5.82 Å². The molecule has 1 aliphatic carbocycles. The lowest BCUT2D eigenvalue weighted by molar-refractivity contribution is -0.116. The van der Waals surface area contributed by atoms with Crippen molar-refractivity contribution in [1.82, 2.24) is 9.78 Å². The highest BCUT2D eigenvalue weighted by Gasteiger charge is 2.35. The molecule has 1 amide bonds. The van der Waals surface area contributed by atoms with E-state index in [2.05, 4.69) is 11.4 Å². The van der Waals surface area contributed by atoms with Crippen LogP contribution in [0, 0.1) is 18.3 Å². The molecule has 0 spiro atoms. The molecule has 2 aliphatic rings. The van der Waals surface area contributed by atoms with Gasteiger partial charge in [0.15, 0.2) is 0 Å². The van der Waals surface area contributed by atoms with Crippen molar-refractivity contribution in [3.63, 3.8) is 0 Å². The molecule has 1 aromatic carbocycles. The largest absolute Gasteiger partial charge is 0.311 e. The minimum Gasteiger partial charge on any atom is -0.311 e. The second-order valence-corrected chi connectivity index (χ2v) is 7.09. The minimum absolute atomic E-state index is 0.00204. The highest BCUT2D eigenvalue weighted by molar-refractivity contribution is 5.94. The van der Waals surface area contributed by atoms with Gasteiger partial charge in [-0.05, 0) is 31.4 Å². The second kappa shape index (κ2) is 6.36. The maximum Gasteiger partial charge on any atom is 0.226 e. The summed E-state index contributed by atoms with van der Waals surface area (Å²) in [5, 5.41) is 17.3. The Morgan fingerprint density at radius 1 is 1.24 bits per heavy atom. The van der Waals surface area contributed by atoms with Crippen molar-refractivity contribution >= 4 is 11.7 Å². The number of nitriles is 1. The Morgan fingerprint density at radius 3 is 2.76 bits per heavy atom. The quantitative estimate of drug-likeness (QED) is 0.901. The first-order valence-corrected chi connectivity index (χ1v) is 9.07. The standard InChI is InChI=1S/C20H22N4O/c1-13-19-17(16-10-6-5-7-14(16)12-21)11-18(25)22-20(19)24(23-13)15-8-3-2-4-9-15/h5-7,10,15,17H,2-4,8-9,11H2,1H3,(H,22,25). The molecule has 1 aromatic heterocycles. The lowest BCUT2D eigenvalue weighted by Gasteiger charge is -2.28. The van der Waals surface area contributed by atoms with Crippen LogP contribution in [0.2, 0.25) is 0 Å². The molecule has 1 saturated carbocycles. The number of carbonyl (C=O) groups is 1. The number of nitrogens with one attached hydrogen (secondary N) is 1. The molecule has 1 unspecified atom stereocenters. The Hall–Kier alpha value is -2.61. The van der Waals surface area contributed by atoms with Gasteiger partial charge in [-0.15, -0.1) is 0 Å². The summed E-state index contributed by atoms with van der Waals surface area (Å²) >= 11 is 0. The van der Waals surface area contributed by atoms with Crippen LogP contribution in [0.3, 0.4) is 0 Å². The summed E-state index contributed by atoms with van der Waals surface area (Å²) in [4.78, 5) is 12.4. The third-order valence-electron chi connectivity index (χ3n) is 5.50. The summed E-state index contributed by atoms with van der Waals surface area (Å²) in [5.41, 5.74) is 3.59. The molecule has 1 N–H and O–H groups in total. The van der Waals surface area contributed by atoms with Crippen LogP contribution in [0.1, 0.15) is 72.9 Å². The number of anilines is 1. The van der Waals surface area contributed by atoms with E-state index in [1.54, 1.807) is 0 Å². The van der Waals surface area contributed by atoms with Crippen LogP contribution >= 0.6 is 0 Å². The fourth-order valence-electron chi connectivity index (χ4n) is 4.33. The van der Waals surface area contributed by atoms with E-state index < -0.39 is 0 Å². The molecular formula is C20H22N4O. The van der Waals surface area contributed by atoms with Gasteiger partial charge in [0.2, 0.25) is 5.91 Å². The molecule has 5 heteroatoms. The Kier molecular flexibility index (Phi) is 4.04. The topological polar surface area (TPSA) is 70.7 Å². The van der Waals surface area contributed by atoms with Crippen LogP contribution in [0.5, 0.6) is 0 Å². The smallest absolute Gasteiger partial charge is 0.226 e. The first-order valence-electron chi connectivity index (χ1n) is 9.07. The number of carbonyl (C=O) groups excluding carboxylic acids is 1. The van der Waals surface area contributed by atoms with Gasteiger partial charge in [-0.2, -0.15) is 10.4 Å². The summed E-state index contributed by atoms with van der Waals surface area (Å²) in [7, 11) is 0. The first-order chi connectivity index (χ1) is 12.2. The van der Waals surface area contributed by atoms with E-state index in [-0.39, 0.29) is 11.8 Å². The number of aromatic nitrogens is 2. The fraction of sp³-hybridized carbons (Fsp3) is 0.450. The zero-order chi connectivity index (χ0) is 17.4. The Bertz CT molecular complexity index is 855. The van der Waals surface area contributed by atoms with Gasteiger partial charge in [0.1, 0.15) is 5.82 Å². The van der Waals surface area contributed by atoms with E-state index in [1.165, 1.54) is 19.3 Å². The maximum atomic E-state index is 12.4. The second-order valence-electron chi connectivity index (χ2n) is 7.09. The van der Waals surface area contributed by atoms with Crippen molar-refractivity contribution in [2.24, 2.45) is 0 Å².